The average Bonchev–Trinajstić information content (AvgIpc) is 2.67. The van der Waals surface area contributed by atoms with Gasteiger partial charge in [-0.2, -0.15) is 13.2 Å². The number of nitrogens with one attached hydrogen (secondary N) is 1. The maximum atomic E-state index is 12.9. The van der Waals surface area contributed by atoms with Crippen molar-refractivity contribution >= 4 is 35.9 Å². The van der Waals surface area contributed by atoms with E-state index in [0.717, 1.165) is 6.07 Å². The number of ether oxygens (including phenoxy) is 2. The molecule has 1 aliphatic rings. The number of hydrogen-bond acceptors (Lipinski definition) is 4. The van der Waals surface area contributed by atoms with Crippen molar-refractivity contribution in [3.8, 4) is 5.75 Å². The standard InChI is InChI=1S/C18H24F3N3O3.HI/c1-22-17(24-10-7-13(8-11-24)16(25)26-2)23-9-12-27-15-6-4-3-5-14(15)18(19,20)21;/h3-6,13H,7-12H2,1-2H3,(H,22,23);1H. The van der Waals surface area contributed by atoms with Gasteiger partial charge in [0.05, 0.1) is 25.1 Å². The van der Waals surface area contributed by atoms with E-state index in [2.05, 4.69) is 10.3 Å². The predicted octanol–water partition coefficient (Wildman–Crippen LogP) is 3.16. The summed E-state index contributed by atoms with van der Waals surface area (Å²) >= 11 is 0. The van der Waals surface area contributed by atoms with Crippen molar-refractivity contribution in [1.29, 1.82) is 0 Å². The third kappa shape index (κ3) is 6.71. The second kappa shape index (κ2) is 11.3. The van der Waals surface area contributed by atoms with Crippen molar-refractivity contribution in [3.63, 3.8) is 0 Å². The van der Waals surface area contributed by atoms with Crippen LogP contribution in [0.5, 0.6) is 5.75 Å². The van der Waals surface area contributed by atoms with Crippen molar-refractivity contribution in [2.45, 2.75) is 19.0 Å². The van der Waals surface area contributed by atoms with E-state index < -0.39 is 11.7 Å². The van der Waals surface area contributed by atoms with E-state index in [-0.39, 0.29) is 48.2 Å². The van der Waals surface area contributed by atoms with Crippen LogP contribution in [0.25, 0.3) is 0 Å². The predicted molar refractivity (Wildman–Crippen MR) is 110 cm³/mol. The number of hydrogen-bond donors (Lipinski definition) is 1. The molecule has 1 fully saturated rings. The molecule has 0 saturated carbocycles. The second-order valence-electron chi connectivity index (χ2n) is 6.10. The Morgan fingerprint density at radius 2 is 1.93 bits per heavy atom. The molecular weight excluding hydrogens is 490 g/mol. The summed E-state index contributed by atoms with van der Waals surface area (Å²) in [5.41, 5.74) is -0.792. The van der Waals surface area contributed by atoms with Crippen molar-refractivity contribution in [1.82, 2.24) is 10.2 Å². The summed E-state index contributed by atoms with van der Waals surface area (Å²) in [5, 5.41) is 3.08. The molecule has 10 heteroatoms. The lowest BCUT2D eigenvalue weighted by molar-refractivity contribution is -0.146. The van der Waals surface area contributed by atoms with Gasteiger partial charge in [0.15, 0.2) is 5.96 Å². The number of nitrogens with zero attached hydrogens (tertiary/aromatic N) is 2. The third-order valence-corrected chi connectivity index (χ3v) is 4.38. The Morgan fingerprint density at radius 3 is 2.50 bits per heavy atom. The highest BCUT2D eigenvalue weighted by Gasteiger charge is 2.34. The molecule has 0 unspecified atom stereocenters. The monoisotopic (exact) mass is 515 g/mol. The lowest BCUT2D eigenvalue weighted by Gasteiger charge is -2.33. The zero-order valence-corrected chi connectivity index (χ0v) is 18.1. The van der Waals surface area contributed by atoms with Crippen LogP contribution >= 0.6 is 24.0 Å². The minimum absolute atomic E-state index is 0. The molecule has 0 aromatic heterocycles. The molecule has 0 spiro atoms. The first kappa shape index (κ1) is 24.3. The smallest absolute Gasteiger partial charge is 0.419 e. The number of esters is 1. The van der Waals surface area contributed by atoms with Crippen molar-refractivity contribution in [3.05, 3.63) is 29.8 Å². The largest absolute Gasteiger partial charge is 0.491 e. The molecule has 0 aliphatic carbocycles. The fourth-order valence-corrected chi connectivity index (χ4v) is 2.98. The van der Waals surface area contributed by atoms with Gasteiger partial charge in [-0.1, -0.05) is 12.1 Å². The van der Waals surface area contributed by atoms with Crippen LogP contribution in [0.15, 0.2) is 29.3 Å². The number of guanidine groups is 1. The molecule has 158 valence electrons. The number of rotatable bonds is 5. The number of alkyl halides is 3. The lowest BCUT2D eigenvalue weighted by atomic mass is 9.97. The van der Waals surface area contributed by atoms with Gasteiger partial charge in [0.2, 0.25) is 0 Å². The number of aliphatic imine (C=N–C) groups is 1. The van der Waals surface area contributed by atoms with Crippen LogP contribution in [0, 0.1) is 5.92 Å². The molecule has 0 amide bonds. The highest BCUT2D eigenvalue weighted by atomic mass is 127. The molecule has 0 atom stereocenters. The van der Waals surface area contributed by atoms with Crippen LogP contribution in [-0.4, -0.2) is 57.2 Å². The number of carbonyl (C=O) groups excluding carboxylic acids is 1. The molecule has 0 bridgehead atoms. The summed E-state index contributed by atoms with van der Waals surface area (Å²) in [6, 6.07) is 5.12. The summed E-state index contributed by atoms with van der Waals surface area (Å²) in [6.45, 7) is 1.66. The Morgan fingerprint density at radius 1 is 1.29 bits per heavy atom. The Labute approximate surface area is 179 Å². The van der Waals surface area contributed by atoms with E-state index in [4.69, 9.17) is 9.47 Å². The van der Waals surface area contributed by atoms with Gasteiger partial charge in [-0.05, 0) is 25.0 Å². The Hall–Kier alpha value is -1.72. The summed E-state index contributed by atoms with van der Waals surface area (Å²) in [5.74, 6) is 0.132. The maximum absolute atomic E-state index is 12.9. The van der Waals surface area contributed by atoms with E-state index in [1.165, 1.54) is 25.3 Å². The molecule has 1 aromatic rings. The van der Waals surface area contributed by atoms with Gasteiger partial charge in [-0.15, -0.1) is 24.0 Å². The van der Waals surface area contributed by atoms with Crippen molar-refractivity contribution in [2.24, 2.45) is 10.9 Å². The fourth-order valence-electron chi connectivity index (χ4n) is 2.98. The summed E-state index contributed by atoms with van der Waals surface area (Å²) < 4.78 is 48.9. The molecule has 1 N–H and O–H groups in total. The Balaban J connectivity index is 0.00000392. The average molecular weight is 515 g/mol. The first-order chi connectivity index (χ1) is 12.9. The van der Waals surface area contributed by atoms with Crippen LogP contribution in [-0.2, 0) is 15.7 Å². The number of piperidine rings is 1. The number of benzene rings is 1. The van der Waals surface area contributed by atoms with Gasteiger partial charge < -0.3 is 19.7 Å². The van der Waals surface area contributed by atoms with Gasteiger partial charge in [-0.3, -0.25) is 9.79 Å². The maximum Gasteiger partial charge on any atom is 0.419 e. The summed E-state index contributed by atoms with van der Waals surface area (Å²) in [6.07, 6.45) is -3.12. The first-order valence-electron chi connectivity index (χ1n) is 8.69. The van der Waals surface area contributed by atoms with Crippen LogP contribution in [0.3, 0.4) is 0 Å². The number of halogens is 4. The highest BCUT2D eigenvalue weighted by Crippen LogP contribution is 2.35. The van der Waals surface area contributed by atoms with Crippen LogP contribution < -0.4 is 10.1 Å². The molecular formula is C18H25F3IN3O3. The van der Waals surface area contributed by atoms with Crippen LogP contribution in [0.1, 0.15) is 18.4 Å². The summed E-state index contributed by atoms with van der Waals surface area (Å²) in [7, 11) is 3.01. The van der Waals surface area contributed by atoms with Gasteiger partial charge >= 0.3 is 12.1 Å². The molecule has 1 aliphatic heterocycles. The van der Waals surface area contributed by atoms with E-state index in [1.54, 1.807) is 7.05 Å². The second-order valence-corrected chi connectivity index (χ2v) is 6.10. The number of likely N-dealkylation sites (tertiary alicyclic amines) is 1. The summed E-state index contributed by atoms with van der Waals surface area (Å²) in [4.78, 5) is 17.8. The number of para-hydroxylation sites is 1. The molecule has 1 heterocycles. The Kier molecular flexibility index (Phi) is 9.83. The van der Waals surface area contributed by atoms with Crippen LogP contribution in [0.4, 0.5) is 13.2 Å². The van der Waals surface area contributed by atoms with Crippen LogP contribution in [0.2, 0.25) is 0 Å². The lowest BCUT2D eigenvalue weighted by Crippen LogP contribution is -2.47. The Bertz CT molecular complexity index is 663. The quantitative estimate of drug-likeness (QED) is 0.215. The van der Waals surface area contributed by atoms with Crippen molar-refractivity contribution in [2.75, 3.05) is 40.4 Å². The van der Waals surface area contributed by atoms with Gasteiger partial charge in [-0.25, -0.2) is 0 Å². The minimum Gasteiger partial charge on any atom is -0.491 e. The zero-order chi connectivity index (χ0) is 19.9. The minimum atomic E-state index is -4.45. The molecule has 6 nitrogen and oxygen atoms in total. The zero-order valence-electron chi connectivity index (χ0n) is 15.8. The number of carbonyl (C=O) groups is 1. The normalized spacial score (nSPS) is 15.6. The highest BCUT2D eigenvalue weighted by molar-refractivity contribution is 14.0. The van der Waals surface area contributed by atoms with E-state index >= 15 is 0 Å². The molecule has 1 aromatic carbocycles. The first-order valence-corrected chi connectivity index (χ1v) is 8.69. The van der Waals surface area contributed by atoms with Gasteiger partial charge in [0, 0.05) is 20.1 Å². The molecule has 28 heavy (non-hydrogen) atoms. The number of methoxy groups -OCH3 is 1. The molecule has 1 saturated heterocycles. The fraction of sp³-hybridized carbons (Fsp3) is 0.556. The molecule has 0 radical (unpaired) electrons. The van der Waals surface area contributed by atoms with Crippen molar-refractivity contribution < 1.29 is 27.4 Å². The van der Waals surface area contributed by atoms with Gasteiger partial charge in [0.1, 0.15) is 12.4 Å². The van der Waals surface area contributed by atoms with E-state index in [1.807, 2.05) is 4.90 Å². The molecule has 2 rings (SSSR count). The van der Waals surface area contributed by atoms with Gasteiger partial charge in [0.25, 0.3) is 0 Å². The SMILES string of the molecule is CN=C(NCCOc1ccccc1C(F)(F)F)N1CCC(C(=O)OC)CC1.I. The third-order valence-electron chi connectivity index (χ3n) is 4.38. The topological polar surface area (TPSA) is 63.2 Å². The van der Waals surface area contributed by atoms with E-state index in [9.17, 15) is 18.0 Å². The van der Waals surface area contributed by atoms with E-state index in [0.29, 0.717) is 38.4 Å².